The largest absolute Gasteiger partial charge is 0.311 e. The molecule has 0 radical (unpaired) electrons. The fraction of sp³-hybridized carbons (Fsp3) is 0.471. The highest BCUT2D eigenvalue weighted by molar-refractivity contribution is 5.84. The van der Waals surface area contributed by atoms with E-state index in [1.54, 1.807) is 0 Å². The number of likely N-dealkylation sites (N-methyl/N-ethyl adjacent to an activating group) is 1. The van der Waals surface area contributed by atoms with E-state index in [1.807, 2.05) is 12.4 Å². The van der Waals surface area contributed by atoms with Gasteiger partial charge in [-0.2, -0.15) is 0 Å². The highest BCUT2D eigenvalue weighted by Crippen LogP contribution is 2.35. The molecule has 0 atom stereocenters. The minimum absolute atomic E-state index is 0.373. The zero-order valence-corrected chi connectivity index (χ0v) is 12.4. The Hall–Kier alpha value is -1.45. The first-order valence-electron chi connectivity index (χ1n) is 7.41. The summed E-state index contributed by atoms with van der Waals surface area (Å²) in [5, 5.41) is 6.16. The van der Waals surface area contributed by atoms with Gasteiger partial charge in [0.05, 0.1) is 0 Å². The molecule has 0 unspecified atom stereocenters. The van der Waals surface area contributed by atoms with Crippen molar-refractivity contribution < 1.29 is 0 Å². The Morgan fingerprint density at radius 2 is 2.00 bits per heavy atom. The van der Waals surface area contributed by atoms with Gasteiger partial charge in [0.15, 0.2) is 0 Å². The molecule has 1 N–H and O–H groups in total. The second kappa shape index (κ2) is 5.51. The van der Waals surface area contributed by atoms with Crippen molar-refractivity contribution in [2.75, 3.05) is 20.6 Å². The van der Waals surface area contributed by atoms with Crippen LogP contribution in [-0.4, -0.2) is 36.1 Å². The Kier molecular flexibility index (Phi) is 3.72. The van der Waals surface area contributed by atoms with E-state index in [1.165, 1.54) is 35.6 Å². The van der Waals surface area contributed by atoms with E-state index in [9.17, 15) is 0 Å². The van der Waals surface area contributed by atoms with Gasteiger partial charge in [-0.1, -0.05) is 24.3 Å². The van der Waals surface area contributed by atoms with Crippen LogP contribution in [0.2, 0.25) is 0 Å². The number of nitrogens with zero attached hydrogens (tertiary/aromatic N) is 2. The van der Waals surface area contributed by atoms with Crippen LogP contribution in [0.5, 0.6) is 0 Å². The zero-order valence-electron chi connectivity index (χ0n) is 12.4. The van der Waals surface area contributed by atoms with Crippen molar-refractivity contribution in [1.29, 1.82) is 0 Å². The Bertz CT molecular complexity index is 582. The van der Waals surface area contributed by atoms with Crippen molar-refractivity contribution in [2.45, 2.75) is 31.3 Å². The number of pyridine rings is 1. The first-order chi connectivity index (χ1) is 9.71. The van der Waals surface area contributed by atoms with Crippen molar-refractivity contribution in [1.82, 2.24) is 15.2 Å². The lowest BCUT2D eigenvalue weighted by molar-refractivity contribution is 0.0598. The summed E-state index contributed by atoms with van der Waals surface area (Å²) < 4.78 is 0. The summed E-state index contributed by atoms with van der Waals surface area (Å²) in [5.41, 5.74) is 1.66. The lowest BCUT2D eigenvalue weighted by Gasteiger charge is -2.47. The van der Waals surface area contributed by atoms with Crippen molar-refractivity contribution in [3.05, 3.63) is 42.2 Å². The van der Waals surface area contributed by atoms with E-state index in [2.05, 4.69) is 53.6 Å². The number of aromatic nitrogens is 1. The van der Waals surface area contributed by atoms with E-state index < -0.39 is 0 Å². The maximum atomic E-state index is 4.35. The predicted molar refractivity (Wildman–Crippen MR) is 83.7 cm³/mol. The first kappa shape index (κ1) is 13.5. The molecule has 1 aliphatic rings. The summed E-state index contributed by atoms with van der Waals surface area (Å²) in [5.74, 6) is 0. The lowest BCUT2D eigenvalue weighted by atomic mass is 9.75. The number of nitrogens with one attached hydrogen (secondary N) is 1. The fourth-order valence-electron chi connectivity index (χ4n) is 3.12. The molecule has 3 rings (SSSR count). The molecule has 0 aliphatic heterocycles. The Morgan fingerprint density at radius 1 is 1.20 bits per heavy atom. The minimum Gasteiger partial charge on any atom is -0.311 e. The van der Waals surface area contributed by atoms with Gasteiger partial charge in [0.2, 0.25) is 0 Å². The molecule has 0 amide bonds. The van der Waals surface area contributed by atoms with E-state index in [0.717, 1.165) is 13.1 Å². The lowest BCUT2D eigenvalue weighted by Crippen LogP contribution is -2.56. The minimum atomic E-state index is 0.373. The normalized spacial score (nSPS) is 17.4. The van der Waals surface area contributed by atoms with Crippen molar-refractivity contribution >= 4 is 10.8 Å². The SMILES string of the molecule is CN(C)C1(CNCc2cncc3ccccc23)CCC1. The number of fused-ring (bicyclic) bond motifs is 1. The molecule has 3 heteroatoms. The highest BCUT2D eigenvalue weighted by Gasteiger charge is 2.38. The topological polar surface area (TPSA) is 28.2 Å². The second-order valence-electron chi connectivity index (χ2n) is 6.10. The molecule has 20 heavy (non-hydrogen) atoms. The molecule has 1 heterocycles. The quantitative estimate of drug-likeness (QED) is 0.904. The first-order valence-corrected chi connectivity index (χ1v) is 7.41. The molecule has 2 aromatic rings. The van der Waals surface area contributed by atoms with Gasteiger partial charge in [0.1, 0.15) is 0 Å². The number of hydrogen-bond donors (Lipinski definition) is 1. The summed E-state index contributed by atoms with van der Waals surface area (Å²) in [7, 11) is 4.39. The number of hydrogen-bond acceptors (Lipinski definition) is 3. The van der Waals surface area contributed by atoms with Crippen LogP contribution in [0.1, 0.15) is 24.8 Å². The third kappa shape index (κ3) is 2.43. The zero-order chi connectivity index (χ0) is 14.0. The molecule has 0 saturated heterocycles. The van der Waals surface area contributed by atoms with Gasteiger partial charge in [0.25, 0.3) is 0 Å². The molecule has 1 aliphatic carbocycles. The van der Waals surface area contributed by atoms with Crippen molar-refractivity contribution in [3.63, 3.8) is 0 Å². The summed E-state index contributed by atoms with van der Waals surface area (Å²) in [6.07, 6.45) is 7.89. The third-order valence-corrected chi connectivity index (χ3v) is 4.75. The molecule has 106 valence electrons. The van der Waals surface area contributed by atoms with Crippen molar-refractivity contribution in [3.8, 4) is 0 Å². The van der Waals surface area contributed by atoms with Crippen LogP contribution in [0.4, 0.5) is 0 Å². The monoisotopic (exact) mass is 269 g/mol. The number of rotatable bonds is 5. The van der Waals surface area contributed by atoms with E-state index >= 15 is 0 Å². The average molecular weight is 269 g/mol. The summed E-state index contributed by atoms with van der Waals surface area (Å²) in [6, 6.07) is 8.47. The summed E-state index contributed by atoms with van der Waals surface area (Å²) in [4.78, 5) is 6.73. The molecule has 0 bridgehead atoms. The second-order valence-corrected chi connectivity index (χ2v) is 6.10. The molecule has 1 aromatic carbocycles. The van der Waals surface area contributed by atoms with Crippen LogP contribution >= 0.6 is 0 Å². The molecule has 1 fully saturated rings. The van der Waals surface area contributed by atoms with Crippen molar-refractivity contribution in [2.24, 2.45) is 0 Å². The van der Waals surface area contributed by atoms with Crippen LogP contribution in [0.3, 0.4) is 0 Å². The average Bonchev–Trinajstić information content (AvgIpc) is 2.41. The Labute approximate surface area is 121 Å². The van der Waals surface area contributed by atoms with Crippen LogP contribution in [0.15, 0.2) is 36.7 Å². The van der Waals surface area contributed by atoms with Gasteiger partial charge < -0.3 is 10.2 Å². The van der Waals surface area contributed by atoms with Gasteiger partial charge in [-0.15, -0.1) is 0 Å². The van der Waals surface area contributed by atoms with E-state index in [0.29, 0.717) is 5.54 Å². The molecule has 1 saturated carbocycles. The highest BCUT2D eigenvalue weighted by atomic mass is 15.2. The summed E-state index contributed by atoms with van der Waals surface area (Å²) >= 11 is 0. The van der Waals surface area contributed by atoms with Gasteiger partial charge in [-0.05, 0) is 44.3 Å². The van der Waals surface area contributed by atoms with Crippen LogP contribution in [-0.2, 0) is 6.54 Å². The molecular weight excluding hydrogens is 246 g/mol. The van der Waals surface area contributed by atoms with Crippen LogP contribution in [0, 0.1) is 0 Å². The smallest absolute Gasteiger partial charge is 0.0346 e. The van der Waals surface area contributed by atoms with Crippen LogP contribution < -0.4 is 5.32 Å². The van der Waals surface area contributed by atoms with Crippen LogP contribution in [0.25, 0.3) is 10.8 Å². The Morgan fingerprint density at radius 3 is 2.70 bits per heavy atom. The molecule has 1 aromatic heterocycles. The van der Waals surface area contributed by atoms with Gasteiger partial charge in [0, 0.05) is 36.4 Å². The third-order valence-electron chi connectivity index (χ3n) is 4.75. The van der Waals surface area contributed by atoms with Gasteiger partial charge >= 0.3 is 0 Å². The number of benzene rings is 1. The Balaban J connectivity index is 1.68. The summed E-state index contributed by atoms with van der Waals surface area (Å²) in [6.45, 7) is 1.95. The van der Waals surface area contributed by atoms with E-state index in [4.69, 9.17) is 0 Å². The van der Waals surface area contributed by atoms with Gasteiger partial charge in [-0.3, -0.25) is 4.98 Å². The fourth-order valence-corrected chi connectivity index (χ4v) is 3.12. The standard InChI is InChI=1S/C17H23N3/c1-20(2)17(8-5-9-17)13-19-12-15-11-18-10-14-6-3-4-7-16(14)15/h3-4,6-7,10-11,19H,5,8-9,12-13H2,1-2H3. The predicted octanol–water partition coefficient (Wildman–Crippen LogP) is 2.81. The molecule has 0 spiro atoms. The molecular formula is C17H23N3. The molecule has 3 nitrogen and oxygen atoms in total. The van der Waals surface area contributed by atoms with E-state index in [-0.39, 0.29) is 0 Å². The van der Waals surface area contributed by atoms with Gasteiger partial charge in [-0.25, -0.2) is 0 Å². The maximum Gasteiger partial charge on any atom is 0.0346 e. The maximum absolute atomic E-state index is 4.35.